The molecule has 0 unspecified atom stereocenters. The highest BCUT2D eigenvalue weighted by Gasteiger charge is 2.20. The summed E-state index contributed by atoms with van der Waals surface area (Å²) in [6.45, 7) is 8.39. The minimum absolute atomic E-state index is 0.0348. The van der Waals surface area contributed by atoms with Gasteiger partial charge in [0.05, 0.1) is 33.5 Å². The molecule has 1 amide bonds. The predicted octanol–water partition coefficient (Wildman–Crippen LogP) is 4.95. The number of hydrogen-bond acceptors (Lipinski definition) is 6. The molecule has 178 valence electrons. The number of carbonyl (C=O) groups excluding carboxylic acids is 1. The first-order valence-electron chi connectivity index (χ1n) is 11.2. The fraction of sp³-hybridized carbons (Fsp3) is 0.320. The number of nitrogens with zero attached hydrogens (tertiary/aromatic N) is 3. The number of rotatable bonds is 8. The summed E-state index contributed by atoms with van der Waals surface area (Å²) in [7, 11) is -3.38. The Morgan fingerprint density at radius 3 is 2.53 bits per heavy atom. The van der Waals surface area contributed by atoms with Crippen molar-refractivity contribution in [2.75, 3.05) is 12.3 Å². The van der Waals surface area contributed by atoms with E-state index in [4.69, 9.17) is 4.98 Å². The van der Waals surface area contributed by atoms with Gasteiger partial charge in [-0.05, 0) is 58.4 Å². The lowest BCUT2D eigenvalue weighted by atomic mass is 10.1. The number of aryl methyl sites for hydroxylation is 2. The van der Waals surface area contributed by atoms with Crippen LogP contribution in [0.3, 0.4) is 0 Å². The second-order valence-corrected chi connectivity index (χ2v) is 12.1. The molecule has 3 heterocycles. The lowest BCUT2D eigenvalue weighted by Gasteiger charge is -2.11. The standard InChI is InChI=1S/C25H28N4O3S2/c1-16(2)29-24-22(15-27-29)21(14-23(28-24)20-13-17(3)33-18(20)4)25(30)26-11-8-12-34(31,32)19-9-6-5-7-10-19/h5-7,9-10,13-16H,8,11-12H2,1-4H3,(H,26,30). The minimum Gasteiger partial charge on any atom is -0.352 e. The van der Waals surface area contributed by atoms with Crippen LogP contribution in [0.25, 0.3) is 22.3 Å². The molecule has 9 heteroatoms. The highest BCUT2D eigenvalue weighted by atomic mass is 32.2. The van der Waals surface area contributed by atoms with Gasteiger partial charge in [0.1, 0.15) is 0 Å². The molecule has 0 aliphatic heterocycles. The van der Waals surface area contributed by atoms with E-state index in [1.807, 2.05) is 25.5 Å². The van der Waals surface area contributed by atoms with Gasteiger partial charge >= 0.3 is 0 Å². The van der Waals surface area contributed by atoms with Gasteiger partial charge in [-0.2, -0.15) is 5.10 Å². The summed E-state index contributed by atoms with van der Waals surface area (Å²) >= 11 is 1.69. The van der Waals surface area contributed by atoms with E-state index < -0.39 is 9.84 Å². The summed E-state index contributed by atoms with van der Waals surface area (Å²) in [6, 6.07) is 12.3. The predicted molar refractivity (Wildman–Crippen MR) is 136 cm³/mol. The molecule has 0 bridgehead atoms. The number of thiophene rings is 1. The Hall–Kier alpha value is -3.04. The molecule has 0 aliphatic carbocycles. The van der Waals surface area contributed by atoms with Crippen LogP contribution in [0.2, 0.25) is 0 Å². The molecule has 0 saturated carbocycles. The third-order valence-corrected chi connectivity index (χ3v) is 8.38. The highest BCUT2D eigenvalue weighted by molar-refractivity contribution is 7.91. The van der Waals surface area contributed by atoms with Crippen LogP contribution in [0.4, 0.5) is 0 Å². The quantitative estimate of drug-likeness (QED) is 0.348. The van der Waals surface area contributed by atoms with Crippen molar-refractivity contribution >= 4 is 38.1 Å². The van der Waals surface area contributed by atoms with Crippen molar-refractivity contribution in [1.29, 1.82) is 0 Å². The molecule has 3 aromatic heterocycles. The second-order valence-electron chi connectivity index (χ2n) is 8.54. The number of benzene rings is 1. The second kappa shape index (κ2) is 9.68. The molecule has 4 rings (SSSR count). The molecule has 1 aromatic carbocycles. The monoisotopic (exact) mass is 496 g/mol. The molecule has 0 radical (unpaired) electrons. The molecule has 7 nitrogen and oxygen atoms in total. The minimum atomic E-state index is -3.38. The zero-order valence-corrected chi connectivity index (χ0v) is 21.3. The van der Waals surface area contributed by atoms with Crippen LogP contribution >= 0.6 is 11.3 Å². The largest absolute Gasteiger partial charge is 0.352 e. The summed E-state index contributed by atoms with van der Waals surface area (Å²) in [5.74, 6) is -0.300. The van der Waals surface area contributed by atoms with Gasteiger partial charge in [0.2, 0.25) is 0 Å². The van der Waals surface area contributed by atoms with Crippen molar-refractivity contribution in [2.24, 2.45) is 0 Å². The molecule has 0 fully saturated rings. The van der Waals surface area contributed by atoms with Gasteiger partial charge in [0, 0.05) is 27.9 Å². The Balaban J connectivity index is 1.58. The van der Waals surface area contributed by atoms with Gasteiger partial charge in [-0.1, -0.05) is 18.2 Å². The number of sulfone groups is 1. The highest BCUT2D eigenvalue weighted by Crippen LogP contribution is 2.32. The SMILES string of the molecule is Cc1cc(-c2cc(C(=O)NCCCS(=O)(=O)c3ccccc3)c3cnn(C(C)C)c3n2)c(C)s1. The molecule has 4 aromatic rings. The van der Waals surface area contributed by atoms with E-state index in [9.17, 15) is 13.2 Å². The van der Waals surface area contributed by atoms with E-state index in [-0.39, 0.29) is 24.2 Å². The first kappa shape index (κ1) is 24.1. The smallest absolute Gasteiger partial charge is 0.252 e. The zero-order valence-electron chi connectivity index (χ0n) is 19.7. The number of hydrogen-bond donors (Lipinski definition) is 1. The van der Waals surface area contributed by atoms with Gasteiger partial charge < -0.3 is 5.32 Å². The molecular formula is C25H28N4O3S2. The summed E-state index contributed by atoms with van der Waals surface area (Å²) < 4.78 is 26.8. The van der Waals surface area contributed by atoms with E-state index in [2.05, 4.69) is 23.4 Å². The summed E-state index contributed by atoms with van der Waals surface area (Å²) in [6.07, 6.45) is 1.99. The van der Waals surface area contributed by atoms with Crippen LogP contribution in [-0.2, 0) is 9.84 Å². The Morgan fingerprint density at radius 2 is 1.88 bits per heavy atom. The normalized spacial score (nSPS) is 11.9. The van der Waals surface area contributed by atoms with Crippen molar-refractivity contribution in [3.63, 3.8) is 0 Å². The number of carbonyl (C=O) groups is 1. The molecule has 0 saturated heterocycles. The fourth-order valence-electron chi connectivity index (χ4n) is 3.91. The van der Waals surface area contributed by atoms with Gasteiger partial charge in [-0.3, -0.25) is 4.79 Å². The van der Waals surface area contributed by atoms with Crippen molar-refractivity contribution in [1.82, 2.24) is 20.1 Å². The Labute approximate surface area is 203 Å². The molecule has 0 aliphatic rings. The van der Waals surface area contributed by atoms with E-state index >= 15 is 0 Å². The first-order chi connectivity index (χ1) is 16.2. The number of pyridine rings is 1. The average Bonchev–Trinajstić information content (AvgIpc) is 3.39. The lowest BCUT2D eigenvalue weighted by Crippen LogP contribution is -2.26. The van der Waals surface area contributed by atoms with Gasteiger partial charge in [0.15, 0.2) is 15.5 Å². The fourth-order valence-corrected chi connectivity index (χ4v) is 6.18. The number of aromatic nitrogens is 3. The van der Waals surface area contributed by atoms with Crippen LogP contribution in [0.15, 0.2) is 53.6 Å². The average molecular weight is 497 g/mol. The van der Waals surface area contributed by atoms with E-state index in [0.717, 1.165) is 16.1 Å². The summed E-state index contributed by atoms with van der Waals surface area (Å²) in [4.78, 5) is 20.6. The zero-order chi connectivity index (χ0) is 24.5. The third-order valence-electron chi connectivity index (χ3n) is 5.60. The molecule has 1 N–H and O–H groups in total. The molecule has 0 atom stereocenters. The van der Waals surface area contributed by atoms with E-state index in [1.54, 1.807) is 53.9 Å². The lowest BCUT2D eigenvalue weighted by molar-refractivity contribution is 0.0955. The number of nitrogens with one attached hydrogen (secondary N) is 1. The molecule has 34 heavy (non-hydrogen) atoms. The molecule has 0 spiro atoms. The van der Waals surface area contributed by atoms with Crippen LogP contribution in [0.5, 0.6) is 0 Å². The number of fused-ring (bicyclic) bond motifs is 1. The van der Waals surface area contributed by atoms with E-state index in [0.29, 0.717) is 27.9 Å². The summed E-state index contributed by atoms with van der Waals surface area (Å²) in [5.41, 5.74) is 2.88. The van der Waals surface area contributed by atoms with Gasteiger partial charge in [-0.25, -0.2) is 18.1 Å². The first-order valence-corrected chi connectivity index (χ1v) is 13.7. The van der Waals surface area contributed by atoms with Gasteiger partial charge in [0.25, 0.3) is 5.91 Å². The number of amides is 1. The van der Waals surface area contributed by atoms with Crippen LogP contribution in [-0.4, -0.2) is 41.4 Å². The maximum Gasteiger partial charge on any atom is 0.252 e. The Kier molecular flexibility index (Phi) is 6.86. The topological polar surface area (TPSA) is 94.0 Å². The van der Waals surface area contributed by atoms with Crippen LogP contribution < -0.4 is 5.32 Å². The van der Waals surface area contributed by atoms with Crippen molar-refractivity contribution in [3.8, 4) is 11.3 Å². The maximum atomic E-state index is 13.2. The van der Waals surface area contributed by atoms with Crippen molar-refractivity contribution in [3.05, 3.63) is 64.0 Å². The van der Waals surface area contributed by atoms with Crippen LogP contribution in [0.1, 0.15) is 46.4 Å². The van der Waals surface area contributed by atoms with Crippen molar-refractivity contribution < 1.29 is 13.2 Å². The maximum absolute atomic E-state index is 13.2. The third kappa shape index (κ3) is 4.90. The van der Waals surface area contributed by atoms with Crippen LogP contribution in [0, 0.1) is 13.8 Å². The Morgan fingerprint density at radius 1 is 1.15 bits per heavy atom. The summed E-state index contributed by atoms with van der Waals surface area (Å²) in [5, 5.41) is 8.02. The van der Waals surface area contributed by atoms with Crippen molar-refractivity contribution in [2.45, 2.75) is 45.1 Å². The Bertz CT molecular complexity index is 1440. The molecular weight excluding hydrogens is 468 g/mol. The van der Waals surface area contributed by atoms with E-state index in [1.165, 1.54) is 4.88 Å². The van der Waals surface area contributed by atoms with Gasteiger partial charge in [-0.15, -0.1) is 11.3 Å².